The van der Waals surface area contributed by atoms with E-state index < -0.39 is 5.95 Å². The van der Waals surface area contributed by atoms with Gasteiger partial charge >= 0.3 is 0 Å². The number of anilines is 2. The molecular formula is C24H26FN7O. The Morgan fingerprint density at radius 3 is 2.48 bits per heavy atom. The van der Waals surface area contributed by atoms with E-state index in [1.165, 1.54) is 12.3 Å². The minimum Gasteiger partial charge on any atom is -0.378 e. The van der Waals surface area contributed by atoms with Crippen molar-refractivity contribution in [1.82, 2.24) is 19.7 Å². The van der Waals surface area contributed by atoms with Crippen molar-refractivity contribution in [3.05, 3.63) is 54.1 Å². The van der Waals surface area contributed by atoms with Gasteiger partial charge in [0, 0.05) is 56.5 Å². The maximum Gasteiger partial charge on any atom is 0.212 e. The quantitative estimate of drug-likeness (QED) is 0.568. The lowest BCUT2D eigenvalue weighted by Gasteiger charge is -2.37. The van der Waals surface area contributed by atoms with Crippen molar-refractivity contribution in [1.29, 1.82) is 5.26 Å². The number of aromatic nitrogens is 4. The highest BCUT2D eigenvalue weighted by atomic mass is 19.1. The average molecular weight is 448 g/mol. The monoisotopic (exact) mass is 447 g/mol. The predicted molar refractivity (Wildman–Crippen MR) is 123 cm³/mol. The molecule has 2 aromatic heterocycles. The van der Waals surface area contributed by atoms with Crippen LogP contribution in [-0.4, -0.2) is 59.1 Å². The van der Waals surface area contributed by atoms with Crippen molar-refractivity contribution in [2.75, 3.05) is 49.2 Å². The summed E-state index contributed by atoms with van der Waals surface area (Å²) in [6, 6.07) is 9.60. The molecule has 5 rings (SSSR count). The van der Waals surface area contributed by atoms with Crippen molar-refractivity contribution in [3.63, 3.8) is 0 Å². The number of nitriles is 1. The third-order valence-electron chi connectivity index (χ3n) is 6.58. The van der Waals surface area contributed by atoms with Gasteiger partial charge in [0.15, 0.2) is 0 Å². The molecule has 0 unspecified atom stereocenters. The average Bonchev–Trinajstić information content (AvgIpc) is 3.30. The van der Waals surface area contributed by atoms with Gasteiger partial charge in [0.25, 0.3) is 0 Å². The van der Waals surface area contributed by atoms with E-state index in [0.717, 1.165) is 67.3 Å². The van der Waals surface area contributed by atoms with Crippen LogP contribution in [0.2, 0.25) is 0 Å². The molecule has 0 bridgehead atoms. The highest BCUT2D eigenvalue weighted by molar-refractivity contribution is 5.88. The van der Waals surface area contributed by atoms with Gasteiger partial charge in [0.2, 0.25) is 5.95 Å². The molecule has 33 heavy (non-hydrogen) atoms. The van der Waals surface area contributed by atoms with Crippen LogP contribution in [0.25, 0.3) is 11.1 Å². The first kappa shape index (κ1) is 21.3. The van der Waals surface area contributed by atoms with Crippen LogP contribution >= 0.6 is 0 Å². The molecule has 0 aliphatic carbocycles. The fourth-order valence-corrected chi connectivity index (χ4v) is 4.88. The van der Waals surface area contributed by atoms with Gasteiger partial charge in [-0.2, -0.15) is 9.65 Å². The van der Waals surface area contributed by atoms with Crippen LogP contribution < -0.4 is 9.80 Å². The Kier molecular flexibility index (Phi) is 5.92. The second kappa shape index (κ2) is 9.16. The Labute approximate surface area is 192 Å². The van der Waals surface area contributed by atoms with Crippen LogP contribution in [0.3, 0.4) is 0 Å². The number of morpholine rings is 1. The molecule has 1 aromatic carbocycles. The predicted octanol–water partition coefficient (Wildman–Crippen LogP) is 3.11. The Bertz CT molecular complexity index is 1160. The zero-order valence-electron chi connectivity index (χ0n) is 18.6. The standard InChI is InChI=1S/C24H26FN7O/c1-30-16-28-29-24(30)17-6-8-32(9-7-17)23-19(18-2-5-22(25)27-15-18)3-4-21(20(23)14-26)31-10-12-33-13-11-31/h2-5,15-17H,6-13H2,1H3. The van der Waals surface area contributed by atoms with E-state index in [-0.39, 0.29) is 0 Å². The van der Waals surface area contributed by atoms with Crippen LogP contribution in [0, 0.1) is 17.3 Å². The van der Waals surface area contributed by atoms with Gasteiger partial charge in [-0.05, 0) is 31.0 Å². The van der Waals surface area contributed by atoms with Gasteiger partial charge in [-0.15, -0.1) is 10.2 Å². The third-order valence-corrected chi connectivity index (χ3v) is 6.58. The summed E-state index contributed by atoms with van der Waals surface area (Å²) in [5.41, 5.74) is 4.16. The van der Waals surface area contributed by atoms with Crippen molar-refractivity contribution >= 4 is 11.4 Å². The van der Waals surface area contributed by atoms with Gasteiger partial charge in [0.05, 0.1) is 30.2 Å². The van der Waals surface area contributed by atoms with Gasteiger partial charge in [-0.25, -0.2) is 4.98 Å². The molecule has 0 spiro atoms. The van der Waals surface area contributed by atoms with E-state index in [2.05, 4.69) is 31.1 Å². The van der Waals surface area contributed by atoms with Crippen LogP contribution in [0.15, 0.2) is 36.8 Å². The second-order valence-corrected chi connectivity index (χ2v) is 8.50. The van der Waals surface area contributed by atoms with Crippen molar-refractivity contribution in [2.45, 2.75) is 18.8 Å². The fourth-order valence-electron chi connectivity index (χ4n) is 4.88. The molecule has 3 aromatic rings. The van der Waals surface area contributed by atoms with E-state index in [0.29, 0.717) is 24.7 Å². The molecule has 0 amide bonds. The van der Waals surface area contributed by atoms with E-state index in [1.807, 2.05) is 23.7 Å². The van der Waals surface area contributed by atoms with Gasteiger partial charge in [0.1, 0.15) is 18.2 Å². The molecule has 0 atom stereocenters. The Hall–Kier alpha value is -3.51. The molecule has 2 saturated heterocycles. The van der Waals surface area contributed by atoms with Crippen LogP contribution in [0.5, 0.6) is 0 Å². The molecule has 0 saturated carbocycles. The Morgan fingerprint density at radius 1 is 1.06 bits per heavy atom. The molecule has 4 heterocycles. The Balaban J connectivity index is 1.54. The first-order chi connectivity index (χ1) is 16.2. The first-order valence-electron chi connectivity index (χ1n) is 11.3. The number of pyridine rings is 1. The lowest BCUT2D eigenvalue weighted by Crippen LogP contribution is -2.38. The number of hydrogen-bond acceptors (Lipinski definition) is 7. The van der Waals surface area contributed by atoms with E-state index >= 15 is 0 Å². The molecule has 0 N–H and O–H groups in total. The number of rotatable bonds is 4. The van der Waals surface area contributed by atoms with Crippen LogP contribution in [0.4, 0.5) is 15.8 Å². The number of ether oxygens (including phenoxy) is 1. The normalized spacial score (nSPS) is 17.2. The molecule has 2 fully saturated rings. The van der Waals surface area contributed by atoms with E-state index in [9.17, 15) is 9.65 Å². The summed E-state index contributed by atoms with van der Waals surface area (Å²) >= 11 is 0. The Morgan fingerprint density at radius 2 is 1.85 bits per heavy atom. The van der Waals surface area contributed by atoms with Crippen molar-refractivity contribution < 1.29 is 9.13 Å². The summed E-state index contributed by atoms with van der Waals surface area (Å²) in [5, 5.41) is 18.6. The number of benzene rings is 1. The largest absolute Gasteiger partial charge is 0.378 e. The van der Waals surface area contributed by atoms with Gasteiger partial charge in [-0.1, -0.05) is 6.07 Å². The number of piperidine rings is 1. The maximum atomic E-state index is 13.5. The minimum absolute atomic E-state index is 0.331. The third kappa shape index (κ3) is 4.14. The summed E-state index contributed by atoms with van der Waals surface area (Å²) in [5.74, 6) is 0.813. The number of hydrogen-bond donors (Lipinski definition) is 0. The first-order valence-corrected chi connectivity index (χ1v) is 11.3. The van der Waals surface area contributed by atoms with Gasteiger partial charge < -0.3 is 19.1 Å². The molecule has 170 valence electrons. The minimum atomic E-state index is -0.518. The maximum absolute atomic E-state index is 13.5. The molecule has 2 aliphatic heterocycles. The summed E-state index contributed by atoms with van der Waals surface area (Å²) < 4.78 is 21.0. The van der Waals surface area contributed by atoms with Crippen molar-refractivity contribution in [3.8, 4) is 17.2 Å². The second-order valence-electron chi connectivity index (χ2n) is 8.50. The topological polar surface area (TPSA) is 83.1 Å². The fraction of sp³-hybridized carbons (Fsp3) is 0.417. The van der Waals surface area contributed by atoms with Crippen LogP contribution in [-0.2, 0) is 11.8 Å². The SMILES string of the molecule is Cn1cnnc1C1CCN(c2c(-c3ccc(F)nc3)ccc(N3CCOCC3)c2C#N)CC1. The molecule has 8 nitrogen and oxygen atoms in total. The van der Waals surface area contributed by atoms with E-state index in [4.69, 9.17) is 4.74 Å². The van der Waals surface area contributed by atoms with Crippen LogP contribution in [0.1, 0.15) is 30.1 Å². The summed E-state index contributed by atoms with van der Waals surface area (Å²) in [6.45, 7) is 4.38. The summed E-state index contributed by atoms with van der Waals surface area (Å²) in [6.07, 6.45) is 5.11. The highest BCUT2D eigenvalue weighted by Crippen LogP contribution is 2.41. The molecule has 0 radical (unpaired) electrons. The zero-order valence-corrected chi connectivity index (χ0v) is 18.6. The lowest BCUT2D eigenvalue weighted by molar-refractivity contribution is 0.122. The van der Waals surface area contributed by atoms with E-state index in [1.54, 1.807) is 12.4 Å². The summed E-state index contributed by atoms with van der Waals surface area (Å²) in [7, 11) is 1.97. The molecular weight excluding hydrogens is 421 g/mol. The summed E-state index contributed by atoms with van der Waals surface area (Å²) in [4.78, 5) is 8.35. The highest BCUT2D eigenvalue weighted by Gasteiger charge is 2.29. The van der Waals surface area contributed by atoms with Gasteiger partial charge in [-0.3, -0.25) is 0 Å². The lowest BCUT2D eigenvalue weighted by atomic mass is 9.92. The molecule has 2 aliphatic rings. The zero-order chi connectivity index (χ0) is 22.8. The smallest absolute Gasteiger partial charge is 0.212 e. The number of halogens is 1. The number of nitrogens with zero attached hydrogens (tertiary/aromatic N) is 7. The molecule has 9 heteroatoms. The number of aryl methyl sites for hydroxylation is 1. The van der Waals surface area contributed by atoms with Crippen molar-refractivity contribution in [2.24, 2.45) is 7.05 Å².